The maximum absolute atomic E-state index is 12.4. The second-order valence-corrected chi connectivity index (χ2v) is 7.82. The number of hydrogen-bond donors (Lipinski definition) is 1. The number of methoxy groups -OCH3 is 1. The summed E-state index contributed by atoms with van der Waals surface area (Å²) in [6, 6.07) is -0.507. The van der Waals surface area contributed by atoms with Gasteiger partial charge in [-0.15, -0.1) is 11.3 Å². The van der Waals surface area contributed by atoms with E-state index in [2.05, 4.69) is 14.8 Å². The van der Waals surface area contributed by atoms with Gasteiger partial charge >= 0.3 is 0 Å². The Kier molecular flexibility index (Phi) is 4.35. The molecule has 0 aliphatic carbocycles. The third kappa shape index (κ3) is 3.25. The largest absolute Gasteiger partial charge is 0.493 e. The van der Waals surface area contributed by atoms with E-state index in [0.29, 0.717) is 17.1 Å². The average Bonchev–Trinajstić information content (AvgIpc) is 2.91. The minimum Gasteiger partial charge on any atom is -0.493 e. The van der Waals surface area contributed by atoms with Crippen LogP contribution in [0.25, 0.3) is 0 Å². The molecule has 1 N–H and O–H groups in total. The summed E-state index contributed by atoms with van der Waals surface area (Å²) in [5.74, 6) is 0.546. The number of thiazole rings is 1. The summed E-state index contributed by atoms with van der Waals surface area (Å²) in [5, 5.41) is 4.96. The van der Waals surface area contributed by atoms with Crippen molar-refractivity contribution in [3.05, 3.63) is 22.6 Å². The Hall–Kier alpha value is -1.45. The first-order valence-corrected chi connectivity index (χ1v) is 8.58. The van der Waals surface area contributed by atoms with E-state index in [4.69, 9.17) is 4.74 Å². The van der Waals surface area contributed by atoms with Crippen LogP contribution in [0.3, 0.4) is 0 Å². The van der Waals surface area contributed by atoms with Crippen LogP contribution >= 0.6 is 11.3 Å². The molecular formula is C12H18N4O3S2. The first-order valence-electron chi connectivity index (χ1n) is 6.28. The fraction of sp³-hybridized carbons (Fsp3) is 0.500. The van der Waals surface area contributed by atoms with Crippen LogP contribution in [0, 0.1) is 13.8 Å². The summed E-state index contributed by atoms with van der Waals surface area (Å²) < 4.78 is 34.5. The third-order valence-corrected chi connectivity index (χ3v) is 6.11. The highest BCUT2D eigenvalue weighted by Gasteiger charge is 2.26. The summed E-state index contributed by atoms with van der Waals surface area (Å²) in [7, 11) is -0.352. The monoisotopic (exact) mass is 330 g/mol. The molecule has 21 heavy (non-hydrogen) atoms. The quantitative estimate of drug-likeness (QED) is 0.899. The first-order chi connectivity index (χ1) is 9.74. The molecular weight excluding hydrogens is 312 g/mol. The summed E-state index contributed by atoms with van der Waals surface area (Å²) in [4.78, 5) is 4.15. The maximum atomic E-state index is 12.4. The Morgan fingerprint density at radius 2 is 2.10 bits per heavy atom. The zero-order valence-corrected chi connectivity index (χ0v) is 14.2. The molecule has 2 rings (SSSR count). The lowest BCUT2D eigenvalue weighted by Gasteiger charge is -2.12. The highest BCUT2D eigenvalue weighted by Crippen LogP contribution is 2.27. The second-order valence-electron chi connectivity index (χ2n) is 4.71. The van der Waals surface area contributed by atoms with E-state index in [1.54, 1.807) is 38.7 Å². The Bertz CT molecular complexity index is 749. The molecule has 0 aliphatic rings. The average molecular weight is 330 g/mol. The summed E-state index contributed by atoms with van der Waals surface area (Å²) >= 11 is 1.16. The van der Waals surface area contributed by atoms with Crippen molar-refractivity contribution < 1.29 is 13.2 Å². The lowest BCUT2D eigenvalue weighted by atomic mass is 10.2. The molecule has 0 spiro atoms. The van der Waals surface area contributed by atoms with Gasteiger partial charge in [0.2, 0.25) is 0 Å². The van der Waals surface area contributed by atoms with Gasteiger partial charge in [0.15, 0.2) is 9.96 Å². The Balaban J connectivity index is 2.30. The van der Waals surface area contributed by atoms with Gasteiger partial charge in [-0.2, -0.15) is 5.10 Å². The number of ether oxygens (including phenoxy) is 1. The standard InChI is InChI=1S/C12H18N4O3S2/c1-7(11-10(19-5)6-16(4)14-11)15-21(17,18)12-8(2)13-9(3)20-12/h6-7,15H,1-5H3. The van der Waals surface area contributed by atoms with E-state index in [-0.39, 0.29) is 4.21 Å². The van der Waals surface area contributed by atoms with Crippen LogP contribution in [0.15, 0.2) is 10.4 Å². The normalized spacial score (nSPS) is 13.4. The smallest absolute Gasteiger partial charge is 0.252 e. The van der Waals surface area contributed by atoms with E-state index in [1.165, 1.54) is 7.11 Å². The molecule has 0 aromatic carbocycles. The van der Waals surface area contributed by atoms with Gasteiger partial charge in [-0.05, 0) is 20.8 Å². The maximum Gasteiger partial charge on any atom is 0.252 e. The lowest BCUT2D eigenvalue weighted by Crippen LogP contribution is -2.27. The van der Waals surface area contributed by atoms with Gasteiger partial charge < -0.3 is 4.74 Å². The van der Waals surface area contributed by atoms with Gasteiger partial charge in [-0.25, -0.2) is 18.1 Å². The topological polar surface area (TPSA) is 86.1 Å². The van der Waals surface area contributed by atoms with Crippen LogP contribution in [-0.4, -0.2) is 30.3 Å². The van der Waals surface area contributed by atoms with Crippen molar-refractivity contribution >= 4 is 21.4 Å². The predicted molar refractivity (Wildman–Crippen MR) is 80.1 cm³/mol. The molecule has 0 saturated heterocycles. The van der Waals surface area contributed by atoms with E-state index < -0.39 is 16.1 Å². The van der Waals surface area contributed by atoms with Crippen LogP contribution in [0.1, 0.15) is 29.4 Å². The van der Waals surface area contributed by atoms with E-state index in [0.717, 1.165) is 16.3 Å². The molecule has 0 fully saturated rings. The van der Waals surface area contributed by atoms with Gasteiger partial charge in [0, 0.05) is 7.05 Å². The molecule has 7 nitrogen and oxygen atoms in total. The van der Waals surface area contributed by atoms with Crippen molar-refractivity contribution in [2.45, 2.75) is 31.0 Å². The Morgan fingerprint density at radius 1 is 1.43 bits per heavy atom. The van der Waals surface area contributed by atoms with Crippen LogP contribution in [0.4, 0.5) is 0 Å². The minimum atomic E-state index is -3.63. The van der Waals surface area contributed by atoms with Crippen molar-refractivity contribution in [1.29, 1.82) is 0 Å². The highest BCUT2D eigenvalue weighted by molar-refractivity contribution is 7.91. The third-order valence-electron chi connectivity index (χ3n) is 2.89. The van der Waals surface area contributed by atoms with Gasteiger partial charge in [-0.1, -0.05) is 0 Å². The molecule has 9 heteroatoms. The zero-order chi connectivity index (χ0) is 15.8. The highest BCUT2D eigenvalue weighted by atomic mass is 32.2. The molecule has 1 unspecified atom stereocenters. The number of aromatic nitrogens is 3. The van der Waals surface area contributed by atoms with E-state index in [1.807, 2.05) is 0 Å². The molecule has 2 heterocycles. The van der Waals surface area contributed by atoms with Crippen LogP contribution in [0.5, 0.6) is 5.75 Å². The Labute approximate surface area is 128 Å². The van der Waals surface area contributed by atoms with Gasteiger partial charge in [0.1, 0.15) is 5.69 Å². The SMILES string of the molecule is COc1cn(C)nc1C(C)NS(=O)(=O)c1sc(C)nc1C. The molecule has 1 atom stereocenters. The molecule has 0 bridgehead atoms. The molecule has 2 aromatic heterocycles. The molecule has 116 valence electrons. The van der Waals surface area contributed by atoms with E-state index in [9.17, 15) is 8.42 Å². The van der Waals surface area contributed by atoms with E-state index >= 15 is 0 Å². The van der Waals surface area contributed by atoms with Crippen molar-refractivity contribution in [3.8, 4) is 5.75 Å². The van der Waals surface area contributed by atoms with Gasteiger partial charge in [-0.3, -0.25) is 4.68 Å². The van der Waals surface area contributed by atoms with Crippen molar-refractivity contribution in [2.75, 3.05) is 7.11 Å². The Morgan fingerprint density at radius 3 is 2.62 bits per heavy atom. The molecule has 2 aromatic rings. The first kappa shape index (κ1) is 15.9. The number of rotatable bonds is 5. The predicted octanol–water partition coefficient (Wildman–Crippen LogP) is 1.54. The van der Waals surface area contributed by atoms with Crippen molar-refractivity contribution in [1.82, 2.24) is 19.5 Å². The number of sulfonamides is 1. The summed E-state index contributed by atoms with van der Waals surface area (Å²) in [6.45, 7) is 5.19. The zero-order valence-electron chi connectivity index (χ0n) is 12.5. The summed E-state index contributed by atoms with van der Waals surface area (Å²) in [6.07, 6.45) is 1.70. The lowest BCUT2D eigenvalue weighted by molar-refractivity contribution is 0.405. The summed E-state index contributed by atoms with van der Waals surface area (Å²) in [5.41, 5.74) is 1.05. The number of nitrogens with zero attached hydrogens (tertiary/aromatic N) is 3. The molecule has 0 saturated carbocycles. The van der Waals surface area contributed by atoms with Crippen molar-refractivity contribution in [3.63, 3.8) is 0 Å². The molecule has 0 amide bonds. The fourth-order valence-electron chi connectivity index (χ4n) is 2.05. The number of nitrogens with one attached hydrogen (secondary N) is 1. The number of aryl methyl sites for hydroxylation is 3. The molecule has 0 aliphatic heterocycles. The molecule has 0 radical (unpaired) electrons. The van der Waals surface area contributed by atoms with Crippen molar-refractivity contribution in [2.24, 2.45) is 7.05 Å². The van der Waals surface area contributed by atoms with Crippen LogP contribution in [0.2, 0.25) is 0 Å². The second kappa shape index (κ2) is 5.74. The van der Waals surface area contributed by atoms with Crippen LogP contribution < -0.4 is 9.46 Å². The van der Waals surface area contributed by atoms with Crippen LogP contribution in [-0.2, 0) is 17.1 Å². The minimum absolute atomic E-state index is 0.238. The number of hydrogen-bond acceptors (Lipinski definition) is 6. The van der Waals surface area contributed by atoms with Gasteiger partial charge in [0.25, 0.3) is 10.0 Å². The fourth-order valence-corrected chi connectivity index (χ4v) is 4.75. The van der Waals surface area contributed by atoms with Gasteiger partial charge in [0.05, 0.1) is 30.1 Å².